The van der Waals surface area contributed by atoms with Crippen LogP contribution in [0.1, 0.15) is 18.5 Å². The molecule has 0 atom stereocenters. The summed E-state index contributed by atoms with van der Waals surface area (Å²) in [4.78, 5) is 0. The van der Waals surface area contributed by atoms with Gasteiger partial charge in [0, 0.05) is 12.0 Å². The summed E-state index contributed by atoms with van der Waals surface area (Å²) in [6, 6.07) is 11.5. The van der Waals surface area contributed by atoms with Crippen LogP contribution in [0.5, 0.6) is 5.75 Å². The summed E-state index contributed by atoms with van der Waals surface area (Å²) in [5, 5.41) is 8.41. The van der Waals surface area contributed by atoms with Crippen LogP contribution in [0.2, 0.25) is 0 Å². The Labute approximate surface area is 141 Å². The summed E-state index contributed by atoms with van der Waals surface area (Å²) < 4.78 is 11.9. The van der Waals surface area contributed by atoms with Crippen LogP contribution in [0.15, 0.2) is 54.3 Å². The van der Waals surface area contributed by atoms with Crippen molar-refractivity contribution in [2.45, 2.75) is 12.8 Å². The second-order valence-electron chi connectivity index (χ2n) is 5.61. The van der Waals surface area contributed by atoms with E-state index in [4.69, 9.17) is 20.7 Å². The third kappa shape index (κ3) is 2.93. The van der Waals surface area contributed by atoms with Gasteiger partial charge in [0.1, 0.15) is 5.75 Å². The highest BCUT2D eigenvalue weighted by Crippen LogP contribution is 2.27. The van der Waals surface area contributed by atoms with Crippen molar-refractivity contribution in [2.24, 2.45) is 0 Å². The van der Waals surface area contributed by atoms with Crippen LogP contribution in [0.4, 0.5) is 0 Å². The first-order valence-corrected chi connectivity index (χ1v) is 7.78. The van der Waals surface area contributed by atoms with Crippen molar-refractivity contribution >= 4 is 5.57 Å². The number of allylic oxidation sites excluding steroid dienone is 4. The van der Waals surface area contributed by atoms with Crippen molar-refractivity contribution in [3.63, 3.8) is 0 Å². The van der Waals surface area contributed by atoms with E-state index in [-0.39, 0.29) is 5.49 Å². The molecule has 1 heterocycles. The van der Waals surface area contributed by atoms with Gasteiger partial charge in [-0.1, -0.05) is 18.2 Å². The van der Waals surface area contributed by atoms with Crippen LogP contribution >= 0.6 is 0 Å². The zero-order valence-electron chi connectivity index (χ0n) is 13.9. The fourth-order valence-electron chi connectivity index (χ4n) is 2.84. The third-order valence-corrected chi connectivity index (χ3v) is 4.27. The van der Waals surface area contributed by atoms with E-state index in [1.165, 1.54) is 4.68 Å². The molecule has 1 aromatic carbocycles. The standard InChI is InChI=1S/C19H21N3O2/c1-23-15-7-3-13(4-8-15)17-11-12-18(22(21)19(17)20)14-5-9-16(24-2)10-6-14/h3-5,7-9,11-12,20H,6,10,21H2,1-2H3. The lowest BCUT2D eigenvalue weighted by molar-refractivity contribution is 0.277. The number of nitrogens with two attached hydrogens (primary N) is 1. The number of pyridine rings is 1. The lowest BCUT2D eigenvalue weighted by atomic mass is 9.99. The molecule has 5 nitrogen and oxygen atoms in total. The van der Waals surface area contributed by atoms with Gasteiger partial charge in [-0.25, -0.2) is 4.68 Å². The smallest absolute Gasteiger partial charge is 0.151 e. The van der Waals surface area contributed by atoms with Crippen molar-refractivity contribution < 1.29 is 9.47 Å². The van der Waals surface area contributed by atoms with Crippen molar-refractivity contribution in [3.05, 3.63) is 65.5 Å². The quantitative estimate of drug-likeness (QED) is 0.849. The maximum atomic E-state index is 8.41. The lowest BCUT2D eigenvalue weighted by Crippen LogP contribution is -2.31. The van der Waals surface area contributed by atoms with Crippen LogP contribution in [0.25, 0.3) is 16.7 Å². The molecule has 5 heteroatoms. The van der Waals surface area contributed by atoms with E-state index in [0.717, 1.165) is 46.7 Å². The molecular formula is C19H21N3O2. The molecule has 1 aromatic heterocycles. The molecule has 1 aliphatic rings. The molecule has 0 aliphatic heterocycles. The molecule has 0 amide bonds. The number of benzene rings is 1. The number of aromatic nitrogens is 1. The summed E-state index contributed by atoms with van der Waals surface area (Å²) in [5.74, 6) is 7.94. The first-order chi connectivity index (χ1) is 11.6. The van der Waals surface area contributed by atoms with Gasteiger partial charge in [-0.15, -0.1) is 0 Å². The third-order valence-electron chi connectivity index (χ3n) is 4.27. The molecule has 24 heavy (non-hydrogen) atoms. The number of nitrogens with zero attached hydrogens (tertiary/aromatic N) is 1. The monoisotopic (exact) mass is 323 g/mol. The Bertz CT molecular complexity index is 861. The van der Waals surface area contributed by atoms with E-state index in [9.17, 15) is 0 Å². The van der Waals surface area contributed by atoms with Crippen LogP contribution in [-0.2, 0) is 4.74 Å². The average molecular weight is 323 g/mol. The molecule has 1 aliphatic carbocycles. The number of hydrogen-bond acceptors (Lipinski definition) is 4. The minimum Gasteiger partial charge on any atom is -0.501 e. The summed E-state index contributed by atoms with van der Waals surface area (Å²) in [6.45, 7) is 0. The molecular weight excluding hydrogens is 302 g/mol. The molecule has 0 unspecified atom stereocenters. The van der Waals surface area contributed by atoms with Gasteiger partial charge in [-0.05, 0) is 47.9 Å². The Hall–Kier alpha value is -2.95. The molecule has 0 bridgehead atoms. The summed E-state index contributed by atoms with van der Waals surface area (Å²) in [6.07, 6.45) is 5.65. The largest absolute Gasteiger partial charge is 0.501 e. The molecule has 0 fully saturated rings. The summed E-state index contributed by atoms with van der Waals surface area (Å²) >= 11 is 0. The SMILES string of the molecule is COC1=CC=C(c2ccc(-c3ccc(OC)cc3)c(=N)n2N)CC1. The predicted octanol–water partition coefficient (Wildman–Crippen LogP) is 3.06. The van der Waals surface area contributed by atoms with Gasteiger partial charge in [0.2, 0.25) is 0 Å². The van der Waals surface area contributed by atoms with E-state index in [2.05, 4.69) is 0 Å². The predicted molar refractivity (Wildman–Crippen MR) is 94.7 cm³/mol. The van der Waals surface area contributed by atoms with Gasteiger partial charge in [-0.3, -0.25) is 5.41 Å². The highest BCUT2D eigenvalue weighted by molar-refractivity contribution is 5.69. The lowest BCUT2D eigenvalue weighted by Gasteiger charge is -2.17. The molecule has 0 saturated carbocycles. The second-order valence-corrected chi connectivity index (χ2v) is 5.61. The normalized spacial score (nSPS) is 13.9. The van der Waals surface area contributed by atoms with E-state index in [0.29, 0.717) is 0 Å². The fourth-order valence-corrected chi connectivity index (χ4v) is 2.84. The van der Waals surface area contributed by atoms with Crippen molar-refractivity contribution in [2.75, 3.05) is 20.1 Å². The van der Waals surface area contributed by atoms with Gasteiger partial charge in [0.05, 0.1) is 25.7 Å². The minimum absolute atomic E-state index is 0.278. The van der Waals surface area contributed by atoms with Crippen LogP contribution < -0.4 is 16.1 Å². The average Bonchev–Trinajstić information content (AvgIpc) is 2.64. The number of rotatable bonds is 4. The molecule has 3 N–H and O–H groups in total. The molecule has 0 saturated heterocycles. The summed E-state index contributed by atoms with van der Waals surface area (Å²) in [5.41, 5.74) is 3.95. The Kier molecular flexibility index (Phi) is 4.42. The van der Waals surface area contributed by atoms with E-state index >= 15 is 0 Å². The Morgan fingerprint density at radius 2 is 1.71 bits per heavy atom. The van der Waals surface area contributed by atoms with Gasteiger partial charge in [-0.2, -0.15) is 0 Å². The number of hydrogen-bond donors (Lipinski definition) is 2. The minimum atomic E-state index is 0.278. The van der Waals surface area contributed by atoms with Crippen LogP contribution in [-0.4, -0.2) is 18.9 Å². The van der Waals surface area contributed by atoms with E-state index < -0.39 is 0 Å². The first kappa shape index (κ1) is 15.9. The fraction of sp³-hybridized carbons (Fsp3) is 0.211. The van der Waals surface area contributed by atoms with E-state index in [1.54, 1.807) is 14.2 Å². The number of nitrogen functional groups attached to an aromatic ring is 1. The van der Waals surface area contributed by atoms with Crippen molar-refractivity contribution in [3.8, 4) is 16.9 Å². The zero-order valence-corrected chi connectivity index (χ0v) is 13.9. The van der Waals surface area contributed by atoms with E-state index in [1.807, 2.05) is 48.6 Å². The van der Waals surface area contributed by atoms with Crippen LogP contribution in [0, 0.1) is 5.41 Å². The molecule has 2 aromatic rings. The van der Waals surface area contributed by atoms with Gasteiger partial charge in [0.15, 0.2) is 5.49 Å². The molecule has 3 rings (SSSR count). The summed E-state index contributed by atoms with van der Waals surface area (Å²) in [7, 11) is 3.31. The highest BCUT2D eigenvalue weighted by Gasteiger charge is 2.13. The van der Waals surface area contributed by atoms with Gasteiger partial charge in [0.25, 0.3) is 0 Å². The maximum Gasteiger partial charge on any atom is 0.151 e. The number of ether oxygens (including phenoxy) is 2. The van der Waals surface area contributed by atoms with Gasteiger partial charge >= 0.3 is 0 Å². The van der Waals surface area contributed by atoms with Gasteiger partial charge < -0.3 is 15.3 Å². The Balaban J connectivity index is 1.99. The Morgan fingerprint density at radius 1 is 0.958 bits per heavy atom. The first-order valence-electron chi connectivity index (χ1n) is 7.78. The Morgan fingerprint density at radius 3 is 2.29 bits per heavy atom. The molecule has 0 radical (unpaired) electrons. The molecule has 124 valence electrons. The highest BCUT2D eigenvalue weighted by atomic mass is 16.5. The second kappa shape index (κ2) is 6.66. The van der Waals surface area contributed by atoms with Crippen molar-refractivity contribution in [1.29, 1.82) is 5.41 Å². The van der Waals surface area contributed by atoms with Crippen LogP contribution in [0.3, 0.4) is 0 Å². The maximum absolute atomic E-state index is 8.41. The van der Waals surface area contributed by atoms with Crippen molar-refractivity contribution in [1.82, 2.24) is 4.68 Å². The number of methoxy groups -OCH3 is 2. The topological polar surface area (TPSA) is 73.3 Å². The number of nitrogens with one attached hydrogen (secondary N) is 1. The zero-order chi connectivity index (χ0) is 17.1. The molecule has 0 spiro atoms.